The van der Waals surface area contributed by atoms with Gasteiger partial charge in [-0.15, -0.1) is 0 Å². The first-order chi connectivity index (χ1) is 16.5. The van der Waals surface area contributed by atoms with Crippen molar-refractivity contribution < 1.29 is 9.72 Å². The van der Waals surface area contributed by atoms with E-state index in [9.17, 15) is 9.59 Å². The van der Waals surface area contributed by atoms with Crippen LogP contribution in [0.15, 0.2) is 64.3 Å². The number of hydrogen-bond donors (Lipinski definition) is 2. The van der Waals surface area contributed by atoms with Crippen LogP contribution in [0.25, 0.3) is 37.2 Å². The minimum Gasteiger partial charge on any atom is -0.497 e. The molecule has 4 heterocycles. The maximum absolute atomic E-state index is 13.4. The van der Waals surface area contributed by atoms with Gasteiger partial charge in [0.1, 0.15) is 16.7 Å². The number of benzene rings is 2. The Morgan fingerprint density at radius 2 is 1.94 bits per heavy atom. The van der Waals surface area contributed by atoms with Crippen molar-refractivity contribution in [2.24, 2.45) is 0 Å². The standard InChI is InChI=1S/C25H21N5O3S/c1-14-23-20(28-30(24(23)32)25-27-19-5-3-4-6-21(19)34-25)12-22(31)29(14)10-9-15-13-26-18-8-7-16(33-2)11-17(15)18/h3-8,11-13,26,28H,9-10H2,1-2H3/p+1. The zero-order valence-electron chi connectivity index (χ0n) is 18.6. The first kappa shape index (κ1) is 20.5. The number of para-hydroxylation sites is 1. The summed E-state index contributed by atoms with van der Waals surface area (Å²) in [5.74, 6) is 0.786. The highest BCUT2D eigenvalue weighted by atomic mass is 32.1. The quantitative estimate of drug-likeness (QED) is 0.401. The van der Waals surface area contributed by atoms with Crippen LogP contribution in [0.5, 0.6) is 5.75 Å². The molecule has 0 saturated heterocycles. The van der Waals surface area contributed by atoms with Crippen molar-refractivity contribution >= 4 is 43.4 Å². The second-order valence-electron chi connectivity index (χ2n) is 8.26. The van der Waals surface area contributed by atoms with Crippen molar-refractivity contribution in [3.05, 3.63) is 86.7 Å². The molecular formula is C25H22N5O3S+. The number of nitrogens with one attached hydrogen (secondary N) is 3. The summed E-state index contributed by atoms with van der Waals surface area (Å²) in [7, 11) is 1.64. The molecular weight excluding hydrogens is 450 g/mol. The van der Waals surface area contributed by atoms with E-state index in [1.165, 1.54) is 22.1 Å². The van der Waals surface area contributed by atoms with Gasteiger partial charge in [-0.2, -0.15) is 0 Å². The lowest BCUT2D eigenvalue weighted by molar-refractivity contribution is -0.334. The smallest absolute Gasteiger partial charge is 0.369 e. The first-order valence-electron chi connectivity index (χ1n) is 10.9. The number of H-pyrrole nitrogens is 3. The van der Waals surface area contributed by atoms with Gasteiger partial charge >= 0.3 is 10.7 Å². The molecule has 0 aliphatic heterocycles. The van der Waals surface area contributed by atoms with Gasteiger partial charge < -0.3 is 14.3 Å². The third-order valence-electron chi connectivity index (χ3n) is 6.34. The van der Waals surface area contributed by atoms with Gasteiger partial charge in [0.05, 0.1) is 17.3 Å². The van der Waals surface area contributed by atoms with E-state index in [0.717, 1.165) is 32.4 Å². The van der Waals surface area contributed by atoms with Crippen LogP contribution in [0.4, 0.5) is 0 Å². The Morgan fingerprint density at radius 1 is 1.09 bits per heavy atom. The number of nitrogens with zero attached hydrogens (tertiary/aromatic N) is 2. The fourth-order valence-corrected chi connectivity index (χ4v) is 5.52. The topological polar surface area (TPSA) is 98.9 Å². The molecule has 4 aromatic heterocycles. The fourth-order valence-electron chi connectivity index (χ4n) is 4.56. The number of pyridine rings is 1. The van der Waals surface area contributed by atoms with Crippen LogP contribution in [0.2, 0.25) is 0 Å². The number of aryl methyl sites for hydroxylation is 2. The summed E-state index contributed by atoms with van der Waals surface area (Å²) in [5, 5.41) is 5.37. The molecule has 0 saturated carbocycles. The molecule has 170 valence electrons. The zero-order valence-corrected chi connectivity index (χ0v) is 19.5. The third kappa shape index (κ3) is 3.16. The number of thiazole rings is 1. The Kier molecular flexibility index (Phi) is 4.66. The predicted octanol–water partition coefficient (Wildman–Crippen LogP) is 3.55. The largest absolute Gasteiger partial charge is 0.497 e. The summed E-state index contributed by atoms with van der Waals surface area (Å²) in [6.45, 7) is 2.29. The number of hydrogen-bond acceptors (Lipinski definition) is 4. The van der Waals surface area contributed by atoms with Crippen LogP contribution in [0.1, 0.15) is 11.3 Å². The van der Waals surface area contributed by atoms with E-state index < -0.39 is 0 Å². The summed E-state index contributed by atoms with van der Waals surface area (Å²) in [6.07, 6.45) is 2.60. The SMILES string of the molecule is COc1ccc2[nH]cc(CCn3c(C)c4c(=O)n(-c5[nH+]c6ccccc6s5)[nH]c4cc3=O)c2c1. The predicted molar refractivity (Wildman–Crippen MR) is 133 cm³/mol. The van der Waals surface area contributed by atoms with Crippen LogP contribution in [0, 0.1) is 6.92 Å². The van der Waals surface area contributed by atoms with E-state index in [-0.39, 0.29) is 11.1 Å². The van der Waals surface area contributed by atoms with Gasteiger partial charge in [0.2, 0.25) is 0 Å². The van der Waals surface area contributed by atoms with E-state index in [1.54, 1.807) is 11.7 Å². The molecule has 0 unspecified atom stereocenters. The average Bonchev–Trinajstić information content (AvgIpc) is 3.53. The normalized spacial score (nSPS) is 11.7. The third-order valence-corrected chi connectivity index (χ3v) is 7.39. The molecule has 0 aliphatic rings. The van der Waals surface area contributed by atoms with Gasteiger partial charge in [-0.25, -0.2) is 14.9 Å². The summed E-state index contributed by atoms with van der Waals surface area (Å²) < 4.78 is 9.57. The van der Waals surface area contributed by atoms with E-state index in [4.69, 9.17) is 4.74 Å². The summed E-state index contributed by atoms with van der Waals surface area (Å²) in [6, 6.07) is 15.3. The fraction of sp³-hybridized carbons (Fsp3) is 0.160. The average molecular weight is 473 g/mol. The monoisotopic (exact) mass is 472 g/mol. The Hall–Kier alpha value is -4.11. The van der Waals surface area contributed by atoms with Crippen molar-refractivity contribution in [2.45, 2.75) is 19.9 Å². The molecule has 8 nitrogen and oxygen atoms in total. The molecule has 0 bridgehead atoms. The maximum Gasteiger partial charge on any atom is 0.369 e. The molecule has 0 radical (unpaired) electrons. The van der Waals surface area contributed by atoms with Crippen LogP contribution in [0.3, 0.4) is 0 Å². The molecule has 6 aromatic rings. The number of fused-ring (bicyclic) bond motifs is 3. The number of methoxy groups -OCH3 is 1. The summed E-state index contributed by atoms with van der Waals surface area (Å²) in [4.78, 5) is 32.9. The lowest BCUT2D eigenvalue weighted by Gasteiger charge is -2.09. The molecule has 0 amide bonds. The highest BCUT2D eigenvalue weighted by Crippen LogP contribution is 2.25. The number of aromatic nitrogens is 5. The molecule has 6 rings (SSSR count). The van der Waals surface area contributed by atoms with Crippen LogP contribution in [-0.4, -0.2) is 26.4 Å². The Balaban J connectivity index is 1.40. The number of ether oxygens (including phenoxy) is 1. The highest BCUT2D eigenvalue weighted by Gasteiger charge is 2.22. The van der Waals surface area contributed by atoms with Gasteiger partial charge in [0.15, 0.2) is 0 Å². The van der Waals surface area contributed by atoms with Gasteiger partial charge in [-0.3, -0.25) is 4.79 Å². The van der Waals surface area contributed by atoms with Gasteiger partial charge in [0, 0.05) is 35.4 Å². The molecule has 9 heteroatoms. The van der Waals surface area contributed by atoms with Crippen molar-refractivity contribution in [1.29, 1.82) is 0 Å². The Labute approximate surface area is 197 Å². The van der Waals surface area contributed by atoms with Crippen LogP contribution in [-0.2, 0) is 13.0 Å². The molecule has 3 N–H and O–H groups in total. The molecule has 0 spiro atoms. The zero-order chi connectivity index (χ0) is 23.4. The van der Waals surface area contributed by atoms with Gasteiger partial charge in [-0.1, -0.05) is 16.8 Å². The molecule has 34 heavy (non-hydrogen) atoms. The van der Waals surface area contributed by atoms with Crippen molar-refractivity contribution in [1.82, 2.24) is 19.3 Å². The van der Waals surface area contributed by atoms with E-state index in [1.807, 2.05) is 55.6 Å². The lowest BCUT2D eigenvalue weighted by atomic mass is 10.1. The summed E-state index contributed by atoms with van der Waals surface area (Å²) in [5.41, 5.74) is 3.93. The molecule has 0 aliphatic carbocycles. The minimum atomic E-state index is -0.180. The number of rotatable bonds is 5. The highest BCUT2D eigenvalue weighted by molar-refractivity contribution is 7.20. The lowest BCUT2D eigenvalue weighted by Crippen LogP contribution is -2.24. The van der Waals surface area contributed by atoms with Crippen molar-refractivity contribution in [3.63, 3.8) is 0 Å². The Morgan fingerprint density at radius 3 is 2.76 bits per heavy atom. The van der Waals surface area contributed by atoms with Crippen LogP contribution >= 0.6 is 11.3 Å². The second-order valence-corrected chi connectivity index (χ2v) is 9.30. The van der Waals surface area contributed by atoms with Crippen LogP contribution < -0.4 is 20.8 Å². The molecule has 0 fully saturated rings. The number of aromatic amines is 3. The maximum atomic E-state index is 13.4. The van der Waals surface area contributed by atoms with E-state index >= 15 is 0 Å². The molecule has 0 atom stereocenters. The van der Waals surface area contributed by atoms with Crippen molar-refractivity contribution in [3.8, 4) is 10.9 Å². The van der Waals surface area contributed by atoms with Crippen molar-refractivity contribution in [2.75, 3.05) is 7.11 Å². The van der Waals surface area contributed by atoms with E-state index in [0.29, 0.717) is 34.7 Å². The Bertz CT molecular complexity index is 1780. The minimum absolute atomic E-state index is 0.142. The van der Waals surface area contributed by atoms with Gasteiger partial charge in [0.25, 0.3) is 5.56 Å². The molecule has 2 aromatic carbocycles. The van der Waals surface area contributed by atoms with E-state index in [2.05, 4.69) is 15.1 Å². The first-order valence-corrected chi connectivity index (χ1v) is 11.8. The summed E-state index contributed by atoms with van der Waals surface area (Å²) >= 11 is 1.48. The van der Waals surface area contributed by atoms with Gasteiger partial charge in [-0.05, 0) is 60.6 Å². The second kappa shape index (κ2) is 7.74.